The number of carbonyl (C=O) groups excluding carboxylic acids is 1. The van der Waals surface area contributed by atoms with E-state index in [0.29, 0.717) is 26.1 Å². The van der Waals surface area contributed by atoms with Gasteiger partial charge in [0.25, 0.3) is 0 Å². The zero-order valence-electron chi connectivity index (χ0n) is 14.3. The molecular formula is C18H24N4O2. The molecule has 1 aliphatic rings. The van der Waals surface area contributed by atoms with Gasteiger partial charge in [-0.3, -0.25) is 14.5 Å². The van der Waals surface area contributed by atoms with Gasteiger partial charge in [0.1, 0.15) is 6.10 Å². The van der Waals surface area contributed by atoms with Crippen LogP contribution >= 0.6 is 0 Å². The van der Waals surface area contributed by atoms with Gasteiger partial charge in [-0.05, 0) is 44.0 Å². The van der Waals surface area contributed by atoms with Crippen molar-refractivity contribution in [3.63, 3.8) is 0 Å². The minimum Gasteiger partial charge on any atom is -0.370 e. The third-order valence-electron chi connectivity index (χ3n) is 4.36. The van der Waals surface area contributed by atoms with E-state index in [-0.39, 0.29) is 12.0 Å². The van der Waals surface area contributed by atoms with Crippen LogP contribution in [0.1, 0.15) is 35.9 Å². The number of hydrogen-bond donors (Lipinski definition) is 0. The first-order valence-electron chi connectivity index (χ1n) is 8.44. The van der Waals surface area contributed by atoms with Crippen molar-refractivity contribution < 1.29 is 9.53 Å². The molecule has 6 heteroatoms. The van der Waals surface area contributed by atoms with Crippen molar-refractivity contribution in [2.24, 2.45) is 0 Å². The van der Waals surface area contributed by atoms with Crippen molar-refractivity contribution in [1.29, 1.82) is 0 Å². The Balaban J connectivity index is 1.50. The van der Waals surface area contributed by atoms with E-state index in [1.54, 1.807) is 12.4 Å². The fraction of sp³-hybridized carbons (Fsp3) is 0.500. The number of pyridine rings is 1. The van der Waals surface area contributed by atoms with Crippen LogP contribution in [-0.2, 0) is 16.1 Å². The average molecular weight is 328 g/mol. The second-order valence-electron chi connectivity index (χ2n) is 6.23. The zero-order valence-corrected chi connectivity index (χ0v) is 14.3. The van der Waals surface area contributed by atoms with Gasteiger partial charge in [-0.25, -0.2) is 0 Å². The largest absolute Gasteiger partial charge is 0.370 e. The maximum Gasteiger partial charge on any atom is 0.222 e. The second kappa shape index (κ2) is 7.57. The lowest BCUT2D eigenvalue weighted by molar-refractivity contribution is -0.139. The minimum atomic E-state index is -0.0540. The number of aryl methyl sites for hydroxylation is 3. The summed E-state index contributed by atoms with van der Waals surface area (Å²) in [5, 5.41) is 4.44. The summed E-state index contributed by atoms with van der Waals surface area (Å²) in [6.45, 7) is 6.67. The molecule has 0 N–H and O–H groups in total. The Morgan fingerprint density at radius 1 is 1.33 bits per heavy atom. The van der Waals surface area contributed by atoms with Gasteiger partial charge in [-0.2, -0.15) is 5.10 Å². The fourth-order valence-corrected chi connectivity index (χ4v) is 3.10. The van der Waals surface area contributed by atoms with Crippen LogP contribution in [0.2, 0.25) is 0 Å². The molecule has 6 nitrogen and oxygen atoms in total. The van der Waals surface area contributed by atoms with Crippen LogP contribution in [0.3, 0.4) is 0 Å². The highest BCUT2D eigenvalue weighted by Gasteiger charge is 2.25. The SMILES string of the molecule is Cc1cc(C)n(CCCC(=O)N2CCO[C@@H](c3ccncc3)C2)n1. The predicted molar refractivity (Wildman–Crippen MR) is 90.4 cm³/mol. The first-order valence-corrected chi connectivity index (χ1v) is 8.44. The molecule has 0 aromatic carbocycles. The standard InChI is InChI=1S/C18H24N4O2/c1-14-12-15(2)22(20-14)9-3-4-18(23)21-10-11-24-17(13-21)16-5-7-19-8-6-16/h5-8,12,17H,3-4,9-11,13H2,1-2H3/t17-/m1/s1. The van der Waals surface area contributed by atoms with Gasteiger partial charge in [0, 0.05) is 37.6 Å². The van der Waals surface area contributed by atoms with E-state index in [9.17, 15) is 4.79 Å². The number of rotatable bonds is 5. The van der Waals surface area contributed by atoms with Crippen LogP contribution in [0.4, 0.5) is 0 Å². The van der Waals surface area contributed by atoms with Crippen molar-refractivity contribution in [3.05, 3.63) is 47.5 Å². The monoisotopic (exact) mass is 328 g/mol. The number of ether oxygens (including phenoxy) is 1. The van der Waals surface area contributed by atoms with Gasteiger partial charge in [0.05, 0.1) is 18.8 Å². The molecule has 1 saturated heterocycles. The van der Waals surface area contributed by atoms with Gasteiger partial charge in [0.2, 0.25) is 5.91 Å². The first kappa shape index (κ1) is 16.6. The maximum absolute atomic E-state index is 12.5. The van der Waals surface area contributed by atoms with E-state index in [1.165, 1.54) is 0 Å². The highest BCUT2D eigenvalue weighted by molar-refractivity contribution is 5.76. The number of hydrogen-bond acceptors (Lipinski definition) is 4. The second-order valence-corrected chi connectivity index (χ2v) is 6.23. The lowest BCUT2D eigenvalue weighted by atomic mass is 10.1. The lowest BCUT2D eigenvalue weighted by Crippen LogP contribution is -2.42. The summed E-state index contributed by atoms with van der Waals surface area (Å²) in [4.78, 5) is 18.4. The van der Waals surface area contributed by atoms with E-state index in [2.05, 4.69) is 16.1 Å². The quantitative estimate of drug-likeness (QED) is 0.845. The maximum atomic E-state index is 12.5. The molecule has 0 radical (unpaired) electrons. The third-order valence-corrected chi connectivity index (χ3v) is 4.36. The molecule has 3 rings (SSSR count). The number of carbonyl (C=O) groups is 1. The molecular weight excluding hydrogens is 304 g/mol. The average Bonchev–Trinajstić information content (AvgIpc) is 2.93. The van der Waals surface area contributed by atoms with Crippen molar-refractivity contribution in [2.45, 2.75) is 39.3 Å². The number of morpholine rings is 1. The summed E-state index contributed by atoms with van der Waals surface area (Å²) >= 11 is 0. The summed E-state index contributed by atoms with van der Waals surface area (Å²) in [5.41, 5.74) is 3.24. The first-order chi connectivity index (χ1) is 11.6. The van der Waals surface area contributed by atoms with E-state index >= 15 is 0 Å². The molecule has 0 aliphatic carbocycles. The zero-order chi connectivity index (χ0) is 16.9. The highest BCUT2D eigenvalue weighted by Crippen LogP contribution is 2.22. The molecule has 0 saturated carbocycles. The molecule has 2 aromatic rings. The molecule has 1 amide bonds. The van der Waals surface area contributed by atoms with Crippen molar-refractivity contribution in [1.82, 2.24) is 19.7 Å². The summed E-state index contributed by atoms with van der Waals surface area (Å²) in [5.74, 6) is 0.193. The summed E-state index contributed by atoms with van der Waals surface area (Å²) in [7, 11) is 0. The molecule has 1 aliphatic heterocycles. The van der Waals surface area contributed by atoms with Crippen LogP contribution in [0, 0.1) is 13.8 Å². The van der Waals surface area contributed by atoms with Crippen LogP contribution in [0.25, 0.3) is 0 Å². The molecule has 24 heavy (non-hydrogen) atoms. The minimum absolute atomic E-state index is 0.0540. The van der Waals surface area contributed by atoms with Gasteiger partial charge < -0.3 is 9.64 Å². The van der Waals surface area contributed by atoms with E-state index < -0.39 is 0 Å². The van der Waals surface area contributed by atoms with Crippen LogP contribution < -0.4 is 0 Å². The van der Waals surface area contributed by atoms with Crippen molar-refractivity contribution in [2.75, 3.05) is 19.7 Å². The van der Waals surface area contributed by atoms with E-state index in [0.717, 1.165) is 29.9 Å². The number of aromatic nitrogens is 3. The molecule has 0 unspecified atom stereocenters. The molecule has 0 spiro atoms. The Morgan fingerprint density at radius 3 is 2.83 bits per heavy atom. The lowest BCUT2D eigenvalue weighted by Gasteiger charge is -2.33. The summed E-state index contributed by atoms with van der Waals surface area (Å²) in [6.07, 6.45) is 4.81. The number of amides is 1. The topological polar surface area (TPSA) is 60.2 Å². The highest BCUT2D eigenvalue weighted by atomic mass is 16.5. The van der Waals surface area contributed by atoms with E-state index in [4.69, 9.17) is 4.74 Å². The molecule has 1 fully saturated rings. The van der Waals surface area contributed by atoms with Crippen molar-refractivity contribution in [3.8, 4) is 0 Å². The Hall–Kier alpha value is -2.21. The summed E-state index contributed by atoms with van der Waals surface area (Å²) < 4.78 is 7.77. The molecule has 0 bridgehead atoms. The molecule has 1 atom stereocenters. The Labute approximate surface area is 142 Å². The van der Waals surface area contributed by atoms with Crippen LogP contribution in [0.15, 0.2) is 30.6 Å². The molecule has 3 heterocycles. The normalized spacial score (nSPS) is 17.9. The van der Waals surface area contributed by atoms with Gasteiger partial charge >= 0.3 is 0 Å². The Bertz CT molecular complexity index is 684. The third kappa shape index (κ3) is 4.00. The summed E-state index contributed by atoms with van der Waals surface area (Å²) in [6, 6.07) is 5.95. The Kier molecular flexibility index (Phi) is 5.25. The Morgan fingerprint density at radius 2 is 2.12 bits per heavy atom. The van der Waals surface area contributed by atoms with Crippen molar-refractivity contribution >= 4 is 5.91 Å². The fourth-order valence-electron chi connectivity index (χ4n) is 3.10. The van der Waals surface area contributed by atoms with Crippen LogP contribution in [-0.4, -0.2) is 45.3 Å². The molecule has 128 valence electrons. The van der Waals surface area contributed by atoms with Gasteiger partial charge in [-0.15, -0.1) is 0 Å². The van der Waals surface area contributed by atoms with Gasteiger partial charge in [-0.1, -0.05) is 0 Å². The molecule has 2 aromatic heterocycles. The van der Waals surface area contributed by atoms with Gasteiger partial charge in [0.15, 0.2) is 0 Å². The number of nitrogens with zero attached hydrogens (tertiary/aromatic N) is 4. The smallest absolute Gasteiger partial charge is 0.222 e. The predicted octanol–water partition coefficient (Wildman–Crippen LogP) is 2.28. The van der Waals surface area contributed by atoms with Crippen LogP contribution in [0.5, 0.6) is 0 Å². The van der Waals surface area contributed by atoms with E-state index in [1.807, 2.05) is 35.6 Å².